The molecule has 108 valence electrons. The molecular formula is C14H19N3O3. The van der Waals surface area contributed by atoms with E-state index in [0.717, 1.165) is 12.8 Å². The molecule has 1 N–H and O–H groups in total. The molecule has 1 aliphatic heterocycles. The van der Waals surface area contributed by atoms with Crippen LogP contribution in [0.25, 0.3) is 0 Å². The zero-order valence-corrected chi connectivity index (χ0v) is 12.0. The van der Waals surface area contributed by atoms with Crippen LogP contribution in [0.15, 0.2) is 18.2 Å². The fraction of sp³-hybridized carbons (Fsp3) is 0.500. The zero-order valence-electron chi connectivity index (χ0n) is 12.0. The Labute approximate surface area is 117 Å². The summed E-state index contributed by atoms with van der Waals surface area (Å²) < 4.78 is 0. The van der Waals surface area contributed by atoms with E-state index in [-0.39, 0.29) is 17.1 Å². The second kappa shape index (κ2) is 5.11. The highest BCUT2D eigenvalue weighted by atomic mass is 16.6. The molecular weight excluding hydrogens is 258 g/mol. The first-order valence-corrected chi connectivity index (χ1v) is 6.65. The van der Waals surface area contributed by atoms with Crippen molar-refractivity contribution < 1.29 is 9.72 Å². The van der Waals surface area contributed by atoms with Crippen molar-refractivity contribution in [2.45, 2.75) is 32.2 Å². The van der Waals surface area contributed by atoms with Gasteiger partial charge < -0.3 is 10.2 Å². The van der Waals surface area contributed by atoms with Crippen LogP contribution >= 0.6 is 0 Å². The highest BCUT2D eigenvalue weighted by molar-refractivity contribution is 6.00. The number of rotatable bonds is 3. The van der Waals surface area contributed by atoms with Crippen LogP contribution in [0.2, 0.25) is 0 Å². The van der Waals surface area contributed by atoms with Gasteiger partial charge in [0, 0.05) is 37.0 Å². The topological polar surface area (TPSA) is 75.5 Å². The molecule has 20 heavy (non-hydrogen) atoms. The van der Waals surface area contributed by atoms with Gasteiger partial charge in [0.1, 0.15) is 0 Å². The first-order valence-electron chi connectivity index (χ1n) is 6.65. The van der Waals surface area contributed by atoms with Crippen LogP contribution in [0.1, 0.15) is 37.0 Å². The molecule has 1 aromatic rings. The van der Waals surface area contributed by atoms with Crippen LogP contribution in [0, 0.1) is 10.1 Å². The molecule has 1 amide bonds. The molecule has 1 aliphatic rings. The molecule has 0 aromatic heterocycles. The Morgan fingerprint density at radius 1 is 1.45 bits per heavy atom. The molecule has 1 saturated heterocycles. The predicted molar refractivity (Wildman–Crippen MR) is 77.0 cm³/mol. The SMILES string of the molecule is CNc1ccc([N+](=O)[O-])cc1C(=O)N1CCCC1(C)C. The van der Waals surface area contributed by atoms with E-state index in [0.29, 0.717) is 17.8 Å². The second-order valence-electron chi connectivity index (χ2n) is 5.61. The number of likely N-dealkylation sites (tertiary alicyclic amines) is 1. The quantitative estimate of drug-likeness (QED) is 0.680. The number of nitro benzene ring substituents is 1. The summed E-state index contributed by atoms with van der Waals surface area (Å²) >= 11 is 0. The van der Waals surface area contributed by atoms with E-state index in [1.54, 1.807) is 18.0 Å². The van der Waals surface area contributed by atoms with Gasteiger partial charge in [-0.25, -0.2) is 0 Å². The molecule has 0 bridgehead atoms. The number of amides is 1. The van der Waals surface area contributed by atoms with E-state index in [2.05, 4.69) is 5.32 Å². The molecule has 2 rings (SSSR count). The third kappa shape index (κ3) is 2.45. The maximum Gasteiger partial charge on any atom is 0.270 e. The number of anilines is 1. The molecule has 0 spiro atoms. The molecule has 1 heterocycles. The van der Waals surface area contributed by atoms with E-state index in [1.165, 1.54) is 12.1 Å². The van der Waals surface area contributed by atoms with Crippen LogP contribution in [0.3, 0.4) is 0 Å². The van der Waals surface area contributed by atoms with Crippen molar-refractivity contribution in [3.63, 3.8) is 0 Å². The Morgan fingerprint density at radius 2 is 2.15 bits per heavy atom. The molecule has 6 heteroatoms. The Balaban J connectivity index is 2.42. The molecule has 1 fully saturated rings. The summed E-state index contributed by atoms with van der Waals surface area (Å²) in [5.41, 5.74) is 0.705. The molecule has 0 aliphatic carbocycles. The third-order valence-corrected chi connectivity index (χ3v) is 3.86. The molecule has 1 aromatic carbocycles. The van der Waals surface area contributed by atoms with Crippen molar-refractivity contribution in [1.82, 2.24) is 4.90 Å². The summed E-state index contributed by atoms with van der Waals surface area (Å²) in [7, 11) is 1.70. The summed E-state index contributed by atoms with van der Waals surface area (Å²) in [4.78, 5) is 24.9. The lowest BCUT2D eigenvalue weighted by molar-refractivity contribution is -0.384. The van der Waals surface area contributed by atoms with Gasteiger partial charge in [-0.3, -0.25) is 14.9 Å². The molecule has 0 saturated carbocycles. The lowest BCUT2D eigenvalue weighted by Crippen LogP contribution is -2.42. The van der Waals surface area contributed by atoms with Gasteiger partial charge in [-0.1, -0.05) is 0 Å². The lowest BCUT2D eigenvalue weighted by Gasteiger charge is -2.32. The minimum atomic E-state index is -0.481. The molecule has 0 unspecified atom stereocenters. The minimum Gasteiger partial charge on any atom is -0.387 e. The number of nitrogens with zero attached hydrogens (tertiary/aromatic N) is 2. The van der Waals surface area contributed by atoms with Gasteiger partial charge in [-0.15, -0.1) is 0 Å². The fourth-order valence-electron chi connectivity index (χ4n) is 2.67. The number of carbonyl (C=O) groups excluding carboxylic acids is 1. The number of hydrogen-bond acceptors (Lipinski definition) is 4. The Bertz CT molecular complexity index is 555. The van der Waals surface area contributed by atoms with E-state index in [4.69, 9.17) is 0 Å². The zero-order chi connectivity index (χ0) is 14.9. The fourth-order valence-corrected chi connectivity index (χ4v) is 2.67. The summed E-state index contributed by atoms with van der Waals surface area (Å²) in [6.07, 6.45) is 1.91. The maximum atomic E-state index is 12.7. The van der Waals surface area contributed by atoms with E-state index in [1.807, 2.05) is 13.8 Å². The van der Waals surface area contributed by atoms with E-state index in [9.17, 15) is 14.9 Å². The van der Waals surface area contributed by atoms with Crippen LogP contribution in [0.5, 0.6) is 0 Å². The van der Waals surface area contributed by atoms with Gasteiger partial charge in [0.05, 0.1) is 10.5 Å². The second-order valence-corrected chi connectivity index (χ2v) is 5.61. The summed E-state index contributed by atoms with van der Waals surface area (Å²) in [5.74, 6) is -0.152. The smallest absolute Gasteiger partial charge is 0.270 e. The number of hydrogen-bond donors (Lipinski definition) is 1. The highest BCUT2D eigenvalue weighted by Gasteiger charge is 2.36. The average Bonchev–Trinajstić information content (AvgIpc) is 2.76. The number of benzene rings is 1. The van der Waals surface area contributed by atoms with Crippen molar-refractivity contribution in [2.75, 3.05) is 18.9 Å². The van der Waals surface area contributed by atoms with Gasteiger partial charge in [0.25, 0.3) is 11.6 Å². The van der Waals surface area contributed by atoms with Gasteiger partial charge >= 0.3 is 0 Å². The van der Waals surface area contributed by atoms with E-state index < -0.39 is 4.92 Å². The first-order chi connectivity index (χ1) is 9.36. The number of carbonyl (C=O) groups is 1. The van der Waals surface area contributed by atoms with Gasteiger partial charge in [-0.2, -0.15) is 0 Å². The summed E-state index contributed by atoms with van der Waals surface area (Å²) in [6, 6.07) is 4.33. The summed E-state index contributed by atoms with van der Waals surface area (Å²) in [6.45, 7) is 4.74. The average molecular weight is 277 g/mol. The van der Waals surface area contributed by atoms with Crippen LogP contribution in [-0.2, 0) is 0 Å². The third-order valence-electron chi connectivity index (χ3n) is 3.86. The van der Waals surface area contributed by atoms with Crippen molar-refractivity contribution in [1.29, 1.82) is 0 Å². The Kier molecular flexibility index (Phi) is 3.65. The van der Waals surface area contributed by atoms with Crippen LogP contribution in [0.4, 0.5) is 11.4 Å². The monoisotopic (exact) mass is 277 g/mol. The first kappa shape index (κ1) is 14.3. The summed E-state index contributed by atoms with van der Waals surface area (Å²) in [5, 5.41) is 13.8. The molecule has 6 nitrogen and oxygen atoms in total. The Hall–Kier alpha value is -2.11. The Morgan fingerprint density at radius 3 is 2.65 bits per heavy atom. The van der Waals surface area contributed by atoms with Crippen molar-refractivity contribution >= 4 is 17.3 Å². The van der Waals surface area contributed by atoms with E-state index >= 15 is 0 Å². The lowest BCUT2D eigenvalue weighted by atomic mass is 10.0. The molecule has 0 radical (unpaired) electrons. The number of non-ortho nitro benzene ring substituents is 1. The van der Waals surface area contributed by atoms with Crippen molar-refractivity contribution in [3.05, 3.63) is 33.9 Å². The number of nitro groups is 1. The van der Waals surface area contributed by atoms with Crippen LogP contribution < -0.4 is 5.32 Å². The van der Waals surface area contributed by atoms with Crippen LogP contribution in [-0.4, -0.2) is 34.9 Å². The van der Waals surface area contributed by atoms with Gasteiger partial charge in [0.15, 0.2) is 0 Å². The number of nitrogens with one attached hydrogen (secondary N) is 1. The minimum absolute atomic E-state index is 0.0654. The maximum absolute atomic E-state index is 12.7. The van der Waals surface area contributed by atoms with Gasteiger partial charge in [0.2, 0.25) is 0 Å². The molecule has 0 atom stereocenters. The largest absolute Gasteiger partial charge is 0.387 e. The van der Waals surface area contributed by atoms with Crippen molar-refractivity contribution in [2.24, 2.45) is 0 Å². The predicted octanol–water partition coefficient (Wildman–Crippen LogP) is 2.65. The normalized spacial score (nSPS) is 17.1. The standard InChI is InChI=1S/C14H19N3O3/c1-14(2)7-4-8-16(14)13(18)11-9-10(17(19)20)5-6-12(11)15-3/h5-6,9,15H,4,7-8H2,1-3H3. The highest BCUT2D eigenvalue weighted by Crippen LogP contribution is 2.32. The van der Waals surface area contributed by atoms with Gasteiger partial charge in [-0.05, 0) is 32.8 Å². The van der Waals surface area contributed by atoms with Crippen molar-refractivity contribution in [3.8, 4) is 0 Å².